The van der Waals surface area contributed by atoms with Crippen molar-refractivity contribution in [3.8, 4) is 5.69 Å². The second-order valence-electron chi connectivity index (χ2n) is 7.35. The molecular weight excluding hydrogens is 379 g/mol. The van der Waals surface area contributed by atoms with E-state index in [1.807, 2.05) is 61.9 Å². The fourth-order valence-electron chi connectivity index (χ4n) is 3.64. The lowest BCUT2D eigenvalue weighted by Gasteiger charge is -2.10. The van der Waals surface area contributed by atoms with Crippen LogP contribution in [0.4, 0.5) is 10.1 Å². The Bertz CT molecular complexity index is 1190. The molecule has 1 N–H and O–H groups in total. The maximum absolute atomic E-state index is 13.3. The third-order valence-electron chi connectivity index (χ3n) is 5.25. The number of carbonyl (C=O) groups is 1. The number of nitrogens with one attached hydrogen (secondary N) is 1. The smallest absolute Gasteiger partial charge is 0.257 e. The first-order valence-electron chi connectivity index (χ1n) is 9.75. The summed E-state index contributed by atoms with van der Waals surface area (Å²) in [6, 6.07) is 15.9. The van der Waals surface area contributed by atoms with Gasteiger partial charge in [-0.05, 0) is 68.8 Å². The lowest BCUT2D eigenvalue weighted by molar-refractivity contribution is 0.102. The van der Waals surface area contributed by atoms with Crippen LogP contribution in [0.1, 0.15) is 33.1 Å². The third-order valence-corrected chi connectivity index (χ3v) is 5.25. The van der Waals surface area contributed by atoms with Gasteiger partial charge in [0, 0.05) is 41.7 Å². The van der Waals surface area contributed by atoms with Crippen LogP contribution >= 0.6 is 0 Å². The summed E-state index contributed by atoms with van der Waals surface area (Å²) in [4.78, 5) is 17.1. The van der Waals surface area contributed by atoms with Crippen LogP contribution in [0.2, 0.25) is 0 Å². The molecule has 1 amide bonds. The molecule has 152 valence electrons. The van der Waals surface area contributed by atoms with E-state index < -0.39 is 0 Å². The molecule has 0 aliphatic heterocycles. The van der Waals surface area contributed by atoms with Crippen LogP contribution in [-0.2, 0) is 6.54 Å². The van der Waals surface area contributed by atoms with Crippen molar-refractivity contribution in [2.24, 2.45) is 0 Å². The van der Waals surface area contributed by atoms with E-state index in [1.54, 1.807) is 18.3 Å². The zero-order chi connectivity index (χ0) is 21.3. The Morgan fingerprint density at radius 1 is 1.03 bits per heavy atom. The fourth-order valence-corrected chi connectivity index (χ4v) is 3.64. The summed E-state index contributed by atoms with van der Waals surface area (Å²) in [5.74, 6) is 0.504. The molecule has 0 fully saturated rings. The zero-order valence-electron chi connectivity index (χ0n) is 17.2. The highest BCUT2D eigenvalue weighted by Gasteiger charge is 2.17. The Labute approximate surface area is 174 Å². The SMILES string of the molecule is Cc1nccn1Cc1ccc(NC(=O)c2cc(C)n(-c3ccc(F)cc3)c2C)cc1. The van der Waals surface area contributed by atoms with Gasteiger partial charge in [0.2, 0.25) is 0 Å². The van der Waals surface area contributed by atoms with Gasteiger partial charge in [-0.15, -0.1) is 0 Å². The molecule has 0 radical (unpaired) electrons. The van der Waals surface area contributed by atoms with Crippen LogP contribution in [0.15, 0.2) is 67.0 Å². The fraction of sp³-hybridized carbons (Fsp3) is 0.167. The molecule has 4 aromatic rings. The zero-order valence-corrected chi connectivity index (χ0v) is 17.2. The van der Waals surface area contributed by atoms with Gasteiger partial charge in [-0.25, -0.2) is 9.37 Å². The van der Waals surface area contributed by atoms with Gasteiger partial charge < -0.3 is 14.5 Å². The molecule has 0 atom stereocenters. The Morgan fingerprint density at radius 3 is 2.37 bits per heavy atom. The van der Waals surface area contributed by atoms with E-state index in [0.29, 0.717) is 5.56 Å². The number of imidazole rings is 1. The molecule has 5 nitrogen and oxygen atoms in total. The summed E-state index contributed by atoms with van der Waals surface area (Å²) < 4.78 is 17.3. The lowest BCUT2D eigenvalue weighted by atomic mass is 10.2. The van der Waals surface area contributed by atoms with E-state index in [0.717, 1.165) is 40.7 Å². The number of hydrogen-bond donors (Lipinski definition) is 1. The molecular formula is C24H23FN4O. The van der Waals surface area contributed by atoms with Crippen molar-refractivity contribution < 1.29 is 9.18 Å². The molecule has 0 aliphatic rings. The number of benzene rings is 2. The number of hydrogen-bond acceptors (Lipinski definition) is 2. The number of halogens is 1. The lowest BCUT2D eigenvalue weighted by Crippen LogP contribution is -2.13. The summed E-state index contributed by atoms with van der Waals surface area (Å²) in [5.41, 5.74) is 5.00. The number of amides is 1. The van der Waals surface area contributed by atoms with Crippen molar-refractivity contribution >= 4 is 11.6 Å². The summed E-state index contributed by atoms with van der Waals surface area (Å²) in [5, 5.41) is 2.97. The normalized spacial score (nSPS) is 10.9. The largest absolute Gasteiger partial charge is 0.331 e. The molecule has 2 aromatic heterocycles. The number of aromatic nitrogens is 3. The maximum Gasteiger partial charge on any atom is 0.257 e. The number of anilines is 1. The minimum absolute atomic E-state index is 0.172. The molecule has 0 spiro atoms. The van der Waals surface area contributed by atoms with Gasteiger partial charge in [-0.3, -0.25) is 4.79 Å². The Morgan fingerprint density at radius 2 is 1.73 bits per heavy atom. The summed E-state index contributed by atoms with van der Waals surface area (Å²) in [7, 11) is 0. The van der Waals surface area contributed by atoms with Gasteiger partial charge in [0.1, 0.15) is 11.6 Å². The van der Waals surface area contributed by atoms with Crippen LogP contribution in [0.25, 0.3) is 5.69 Å². The molecule has 0 saturated heterocycles. The van der Waals surface area contributed by atoms with Crippen LogP contribution in [-0.4, -0.2) is 20.0 Å². The number of aryl methyl sites for hydroxylation is 2. The first kappa shape index (κ1) is 19.6. The van der Waals surface area contributed by atoms with Crippen molar-refractivity contribution in [3.63, 3.8) is 0 Å². The summed E-state index contributed by atoms with van der Waals surface area (Å²) >= 11 is 0. The standard InChI is InChI=1S/C24H23FN4O/c1-16-14-23(17(2)29(16)22-10-6-20(25)7-11-22)24(30)27-21-8-4-19(5-9-21)15-28-13-12-26-18(28)3/h4-14H,15H2,1-3H3,(H,27,30). The van der Waals surface area contributed by atoms with E-state index in [9.17, 15) is 9.18 Å². The van der Waals surface area contributed by atoms with Crippen molar-refractivity contribution in [1.29, 1.82) is 0 Å². The Kier molecular flexibility index (Phi) is 5.23. The quantitative estimate of drug-likeness (QED) is 0.509. The maximum atomic E-state index is 13.3. The minimum atomic E-state index is -0.286. The average Bonchev–Trinajstić information content (AvgIpc) is 3.26. The molecule has 0 aliphatic carbocycles. The van der Waals surface area contributed by atoms with Crippen LogP contribution in [0.3, 0.4) is 0 Å². The van der Waals surface area contributed by atoms with Crippen molar-refractivity contribution in [2.75, 3.05) is 5.32 Å². The van der Waals surface area contributed by atoms with Gasteiger partial charge >= 0.3 is 0 Å². The van der Waals surface area contributed by atoms with Crippen LogP contribution < -0.4 is 5.32 Å². The van der Waals surface area contributed by atoms with Crippen molar-refractivity contribution in [1.82, 2.24) is 14.1 Å². The molecule has 6 heteroatoms. The van der Waals surface area contributed by atoms with Gasteiger partial charge in [-0.2, -0.15) is 0 Å². The predicted molar refractivity (Wildman–Crippen MR) is 116 cm³/mol. The summed E-state index contributed by atoms with van der Waals surface area (Å²) in [6.45, 7) is 6.53. The van der Waals surface area contributed by atoms with E-state index in [2.05, 4.69) is 14.9 Å². The van der Waals surface area contributed by atoms with Crippen LogP contribution in [0.5, 0.6) is 0 Å². The average molecular weight is 402 g/mol. The summed E-state index contributed by atoms with van der Waals surface area (Å²) in [6.07, 6.45) is 3.73. The number of rotatable bonds is 5. The van der Waals surface area contributed by atoms with Crippen LogP contribution in [0, 0.1) is 26.6 Å². The van der Waals surface area contributed by atoms with E-state index >= 15 is 0 Å². The molecule has 0 saturated carbocycles. The van der Waals surface area contributed by atoms with E-state index in [1.165, 1.54) is 12.1 Å². The first-order chi connectivity index (χ1) is 14.4. The van der Waals surface area contributed by atoms with Crippen molar-refractivity contribution in [2.45, 2.75) is 27.3 Å². The number of carbonyl (C=O) groups excluding carboxylic acids is 1. The molecule has 30 heavy (non-hydrogen) atoms. The highest BCUT2D eigenvalue weighted by atomic mass is 19.1. The highest BCUT2D eigenvalue weighted by Crippen LogP contribution is 2.22. The molecule has 4 rings (SSSR count). The second-order valence-corrected chi connectivity index (χ2v) is 7.35. The Balaban J connectivity index is 1.51. The topological polar surface area (TPSA) is 51.9 Å². The van der Waals surface area contributed by atoms with Gasteiger partial charge in [0.05, 0.1) is 5.56 Å². The minimum Gasteiger partial charge on any atom is -0.331 e. The van der Waals surface area contributed by atoms with Gasteiger partial charge in [-0.1, -0.05) is 12.1 Å². The second kappa shape index (κ2) is 7.99. The number of nitrogens with zero attached hydrogens (tertiary/aromatic N) is 3. The van der Waals surface area contributed by atoms with Crippen molar-refractivity contribution in [3.05, 3.63) is 101 Å². The molecule has 2 heterocycles. The molecule has 2 aromatic carbocycles. The Hall–Kier alpha value is -3.67. The predicted octanol–water partition coefficient (Wildman–Crippen LogP) is 5.04. The van der Waals surface area contributed by atoms with Gasteiger partial charge in [0.15, 0.2) is 0 Å². The highest BCUT2D eigenvalue weighted by molar-refractivity contribution is 6.05. The van der Waals surface area contributed by atoms with E-state index in [4.69, 9.17) is 0 Å². The third kappa shape index (κ3) is 3.89. The van der Waals surface area contributed by atoms with E-state index in [-0.39, 0.29) is 11.7 Å². The molecule has 0 unspecified atom stereocenters. The molecule has 0 bridgehead atoms. The monoisotopic (exact) mass is 402 g/mol. The van der Waals surface area contributed by atoms with Gasteiger partial charge in [0.25, 0.3) is 5.91 Å². The first-order valence-corrected chi connectivity index (χ1v) is 9.75.